The highest BCUT2D eigenvalue weighted by Gasteiger charge is 2.31. The van der Waals surface area contributed by atoms with Gasteiger partial charge < -0.3 is 10.6 Å². The summed E-state index contributed by atoms with van der Waals surface area (Å²) in [6, 6.07) is 9.74. The fraction of sp³-hybridized carbons (Fsp3) is 0.429. The first-order chi connectivity index (χ1) is 14.3. The number of sulfonamides is 1. The molecule has 1 aromatic carbocycles. The number of anilines is 1. The number of nitrogens with one attached hydrogen (secondary N) is 2. The van der Waals surface area contributed by atoms with Crippen LogP contribution in [0.15, 0.2) is 46.7 Å². The van der Waals surface area contributed by atoms with Gasteiger partial charge in [0.1, 0.15) is 0 Å². The summed E-state index contributed by atoms with van der Waals surface area (Å²) in [5, 5.41) is 7.24. The Kier molecular flexibility index (Phi) is 7.27. The number of amides is 2. The second-order valence-corrected chi connectivity index (χ2v) is 10.7. The largest absolute Gasteiger partial charge is 0.351 e. The van der Waals surface area contributed by atoms with Gasteiger partial charge >= 0.3 is 0 Å². The molecule has 9 heteroatoms. The van der Waals surface area contributed by atoms with Crippen LogP contribution in [-0.2, 0) is 14.8 Å². The average molecular weight is 450 g/mol. The second-order valence-electron chi connectivity index (χ2n) is 7.82. The number of nitrogens with zero attached hydrogens (tertiary/aromatic N) is 1. The summed E-state index contributed by atoms with van der Waals surface area (Å²) in [6.45, 7) is 5.42. The third kappa shape index (κ3) is 5.68. The number of thiophene rings is 1. The Bertz CT molecular complexity index is 962. The molecule has 2 aromatic rings. The Labute approximate surface area is 181 Å². The molecule has 2 unspecified atom stereocenters. The molecule has 0 aliphatic carbocycles. The number of hydrogen-bond acceptors (Lipinski definition) is 5. The summed E-state index contributed by atoms with van der Waals surface area (Å²) < 4.78 is 27.4. The molecule has 2 N–H and O–H groups in total. The number of carbonyl (C=O) groups is 2. The Morgan fingerprint density at radius 1 is 1.10 bits per heavy atom. The van der Waals surface area contributed by atoms with Gasteiger partial charge in [-0.2, -0.15) is 4.31 Å². The minimum absolute atomic E-state index is 0.126. The van der Waals surface area contributed by atoms with Crippen molar-refractivity contribution in [3.05, 3.63) is 46.7 Å². The van der Waals surface area contributed by atoms with Crippen molar-refractivity contribution in [3.8, 4) is 0 Å². The van der Waals surface area contributed by atoms with Gasteiger partial charge in [-0.25, -0.2) is 8.42 Å². The Morgan fingerprint density at radius 3 is 2.37 bits per heavy atom. The number of piperidine rings is 1. The van der Waals surface area contributed by atoms with Crippen molar-refractivity contribution >= 4 is 38.9 Å². The van der Waals surface area contributed by atoms with Gasteiger partial charge in [0.15, 0.2) is 0 Å². The van der Waals surface area contributed by atoms with Crippen LogP contribution in [0.3, 0.4) is 0 Å². The zero-order valence-electron chi connectivity index (χ0n) is 17.1. The third-order valence-corrected chi connectivity index (χ3v) is 7.71. The lowest BCUT2D eigenvalue weighted by molar-refractivity contribution is -0.116. The summed E-state index contributed by atoms with van der Waals surface area (Å²) in [6.07, 6.45) is 1.16. The minimum Gasteiger partial charge on any atom is -0.351 e. The third-order valence-electron chi connectivity index (χ3n) is 4.99. The topological polar surface area (TPSA) is 95.6 Å². The lowest BCUT2D eigenvalue weighted by atomic mass is 9.94. The fourth-order valence-electron chi connectivity index (χ4n) is 3.67. The summed E-state index contributed by atoms with van der Waals surface area (Å²) >= 11 is 1.34. The first-order valence-corrected chi connectivity index (χ1v) is 12.3. The van der Waals surface area contributed by atoms with E-state index in [0.717, 1.165) is 6.42 Å². The molecule has 0 saturated carbocycles. The van der Waals surface area contributed by atoms with Crippen molar-refractivity contribution in [2.24, 2.45) is 11.8 Å². The zero-order valence-corrected chi connectivity index (χ0v) is 18.8. The quantitative estimate of drug-likeness (QED) is 0.679. The molecule has 1 aliphatic rings. The van der Waals surface area contributed by atoms with E-state index < -0.39 is 10.0 Å². The van der Waals surface area contributed by atoms with E-state index >= 15 is 0 Å². The predicted molar refractivity (Wildman–Crippen MR) is 118 cm³/mol. The highest BCUT2D eigenvalue weighted by molar-refractivity contribution is 7.89. The van der Waals surface area contributed by atoms with Gasteiger partial charge in [0.2, 0.25) is 15.9 Å². The molecule has 3 rings (SSSR count). The maximum atomic E-state index is 12.9. The van der Waals surface area contributed by atoms with Crippen LogP contribution in [0.25, 0.3) is 0 Å². The van der Waals surface area contributed by atoms with Gasteiger partial charge in [-0.15, -0.1) is 11.3 Å². The number of hydrogen-bond donors (Lipinski definition) is 2. The Hall–Kier alpha value is -2.23. The van der Waals surface area contributed by atoms with Crippen LogP contribution >= 0.6 is 11.3 Å². The number of rotatable bonds is 7. The second kappa shape index (κ2) is 9.72. The van der Waals surface area contributed by atoms with Crippen LogP contribution in [0.5, 0.6) is 0 Å². The molecule has 7 nitrogen and oxygen atoms in total. The molecule has 2 atom stereocenters. The average Bonchev–Trinajstić information content (AvgIpc) is 3.22. The summed E-state index contributed by atoms with van der Waals surface area (Å²) in [5.41, 5.74) is 0.518. The maximum Gasteiger partial charge on any atom is 0.261 e. The molecule has 1 aliphatic heterocycles. The van der Waals surface area contributed by atoms with E-state index in [4.69, 9.17) is 0 Å². The molecule has 162 valence electrons. The highest BCUT2D eigenvalue weighted by atomic mass is 32.2. The van der Waals surface area contributed by atoms with E-state index in [1.807, 2.05) is 5.38 Å². The first-order valence-electron chi connectivity index (χ1n) is 9.97. The maximum absolute atomic E-state index is 12.9. The molecular weight excluding hydrogens is 422 g/mol. The van der Waals surface area contributed by atoms with Crippen molar-refractivity contribution < 1.29 is 18.0 Å². The molecule has 30 heavy (non-hydrogen) atoms. The van der Waals surface area contributed by atoms with E-state index in [-0.39, 0.29) is 29.7 Å². The molecule has 1 saturated heterocycles. The zero-order chi connectivity index (χ0) is 21.7. The molecule has 1 aromatic heterocycles. The predicted octanol–water partition coefficient (Wildman–Crippen LogP) is 3.17. The SMILES string of the molecule is CC1CC(C)CN(S(=O)(=O)c2ccc(NC(=O)CCNC(=O)c3cccs3)cc2)C1. The van der Waals surface area contributed by atoms with Gasteiger partial charge in [-0.3, -0.25) is 9.59 Å². The highest BCUT2D eigenvalue weighted by Crippen LogP contribution is 2.27. The standard InChI is InChI=1S/C21H27N3O4S2/c1-15-12-16(2)14-24(13-15)30(27,28)18-7-5-17(6-8-18)23-20(25)9-10-22-21(26)19-4-3-11-29-19/h3-8,11,15-16H,9-10,12-14H2,1-2H3,(H,22,26)(H,23,25). The van der Waals surface area contributed by atoms with Crippen LogP contribution in [0.4, 0.5) is 5.69 Å². The number of carbonyl (C=O) groups excluding carboxylic acids is 2. The van der Waals surface area contributed by atoms with Crippen LogP contribution in [0.1, 0.15) is 36.4 Å². The van der Waals surface area contributed by atoms with Crippen LogP contribution < -0.4 is 10.6 Å². The lowest BCUT2D eigenvalue weighted by Gasteiger charge is -2.34. The van der Waals surface area contributed by atoms with E-state index in [1.54, 1.807) is 28.6 Å². The van der Waals surface area contributed by atoms with Crippen molar-refractivity contribution in [2.45, 2.75) is 31.6 Å². The van der Waals surface area contributed by atoms with Gasteiger partial charge in [0.25, 0.3) is 5.91 Å². The first kappa shape index (κ1) is 22.5. The van der Waals surface area contributed by atoms with Crippen LogP contribution in [0, 0.1) is 11.8 Å². The van der Waals surface area contributed by atoms with Crippen molar-refractivity contribution in [1.82, 2.24) is 9.62 Å². The van der Waals surface area contributed by atoms with Gasteiger partial charge in [-0.05, 0) is 54.0 Å². The van der Waals surface area contributed by atoms with Crippen molar-refractivity contribution in [2.75, 3.05) is 25.0 Å². The van der Waals surface area contributed by atoms with Gasteiger partial charge in [0.05, 0.1) is 9.77 Å². The Balaban J connectivity index is 1.52. The normalized spacial score (nSPS) is 19.9. The monoisotopic (exact) mass is 449 g/mol. The summed E-state index contributed by atoms with van der Waals surface area (Å²) in [5.74, 6) is 0.217. The van der Waals surface area contributed by atoms with Crippen LogP contribution in [-0.4, -0.2) is 44.2 Å². The molecule has 0 bridgehead atoms. The molecule has 1 fully saturated rings. The molecule has 2 heterocycles. The molecule has 0 spiro atoms. The summed E-state index contributed by atoms with van der Waals surface area (Å²) in [7, 11) is -3.54. The smallest absolute Gasteiger partial charge is 0.261 e. The van der Waals surface area contributed by atoms with Gasteiger partial charge in [-0.1, -0.05) is 19.9 Å². The van der Waals surface area contributed by atoms with Gasteiger partial charge in [0, 0.05) is 31.7 Å². The minimum atomic E-state index is -3.54. The summed E-state index contributed by atoms with van der Waals surface area (Å²) in [4.78, 5) is 24.8. The molecule has 0 radical (unpaired) electrons. The van der Waals surface area contributed by atoms with Crippen LogP contribution in [0.2, 0.25) is 0 Å². The van der Waals surface area contributed by atoms with E-state index in [0.29, 0.717) is 35.5 Å². The van der Waals surface area contributed by atoms with E-state index in [1.165, 1.54) is 23.5 Å². The lowest BCUT2D eigenvalue weighted by Crippen LogP contribution is -2.42. The van der Waals surface area contributed by atoms with Crippen molar-refractivity contribution in [3.63, 3.8) is 0 Å². The molecular formula is C21H27N3O4S2. The van der Waals surface area contributed by atoms with E-state index in [2.05, 4.69) is 24.5 Å². The Morgan fingerprint density at radius 2 is 1.77 bits per heavy atom. The van der Waals surface area contributed by atoms with Crippen molar-refractivity contribution in [1.29, 1.82) is 0 Å². The number of benzene rings is 1. The van der Waals surface area contributed by atoms with E-state index in [9.17, 15) is 18.0 Å². The fourth-order valence-corrected chi connectivity index (χ4v) is 5.99. The molecule has 2 amide bonds.